The highest BCUT2D eigenvalue weighted by Crippen LogP contribution is 2.32. The topological polar surface area (TPSA) is 75.8 Å². The van der Waals surface area contributed by atoms with E-state index in [1.54, 1.807) is 7.11 Å². The summed E-state index contributed by atoms with van der Waals surface area (Å²) in [6.07, 6.45) is 3.67. The maximum Gasteiger partial charge on any atom is 0.120 e. The lowest BCUT2D eigenvalue weighted by Crippen LogP contribution is -2.00. The Balaban J connectivity index is 2.08. The zero-order valence-electron chi connectivity index (χ0n) is 13.4. The van der Waals surface area contributed by atoms with Crippen molar-refractivity contribution in [1.82, 2.24) is 9.55 Å². The molecule has 23 heavy (non-hydrogen) atoms. The Morgan fingerprint density at radius 1 is 1.26 bits per heavy atom. The molecule has 1 aromatic carbocycles. The van der Waals surface area contributed by atoms with Crippen LogP contribution in [0.15, 0.2) is 35.6 Å². The van der Waals surface area contributed by atoms with Crippen LogP contribution in [0.1, 0.15) is 18.5 Å². The number of aryl methyl sites for hydroxylation is 2. The number of nitrogens with zero attached hydrogens (tertiary/aromatic N) is 5. The summed E-state index contributed by atoms with van der Waals surface area (Å²) >= 11 is 0. The second-order valence-electron chi connectivity index (χ2n) is 5.49. The minimum Gasteiger partial charge on any atom is -0.497 e. The first-order valence-electron chi connectivity index (χ1n) is 7.68. The molecule has 0 saturated heterocycles. The normalized spacial score (nSPS) is 10.9. The van der Waals surface area contributed by atoms with Crippen LogP contribution >= 0.6 is 0 Å². The summed E-state index contributed by atoms with van der Waals surface area (Å²) in [5, 5.41) is 6.02. The summed E-state index contributed by atoms with van der Waals surface area (Å²) in [6, 6.07) is 8.23. The van der Waals surface area contributed by atoms with E-state index in [4.69, 9.17) is 10.3 Å². The van der Waals surface area contributed by atoms with Crippen LogP contribution in [-0.4, -0.2) is 23.2 Å². The predicted molar refractivity (Wildman–Crippen MR) is 91.8 cm³/mol. The number of rotatable bonds is 6. The number of hydrogen-bond acceptors (Lipinski definition) is 3. The van der Waals surface area contributed by atoms with E-state index >= 15 is 0 Å². The molecule has 2 aromatic heterocycles. The van der Waals surface area contributed by atoms with Gasteiger partial charge in [0.2, 0.25) is 0 Å². The van der Waals surface area contributed by atoms with Crippen molar-refractivity contribution in [2.75, 3.05) is 13.7 Å². The molecule has 3 aromatic rings. The molecule has 0 unspecified atom stereocenters. The van der Waals surface area contributed by atoms with Crippen LogP contribution in [-0.2, 0) is 6.54 Å². The molecule has 118 valence electrons. The lowest BCUT2D eigenvalue weighted by Gasteiger charge is -2.09. The van der Waals surface area contributed by atoms with Gasteiger partial charge in [0.05, 0.1) is 23.8 Å². The van der Waals surface area contributed by atoms with Crippen molar-refractivity contribution in [2.45, 2.75) is 26.3 Å². The summed E-state index contributed by atoms with van der Waals surface area (Å²) in [5.41, 5.74) is 11.7. The van der Waals surface area contributed by atoms with Gasteiger partial charge in [-0.2, -0.15) is 0 Å². The number of fused-ring (bicyclic) bond motifs is 3. The highest BCUT2D eigenvalue weighted by molar-refractivity contribution is 6.09. The Morgan fingerprint density at radius 2 is 2.13 bits per heavy atom. The molecule has 6 nitrogen and oxygen atoms in total. The molecule has 0 aliphatic rings. The van der Waals surface area contributed by atoms with Crippen molar-refractivity contribution < 1.29 is 4.74 Å². The maximum absolute atomic E-state index is 8.36. The largest absolute Gasteiger partial charge is 0.497 e. The zero-order valence-corrected chi connectivity index (χ0v) is 13.4. The van der Waals surface area contributed by atoms with E-state index in [1.165, 1.54) is 16.3 Å². The lowest BCUT2D eigenvalue weighted by atomic mass is 10.1. The van der Waals surface area contributed by atoms with Crippen molar-refractivity contribution >= 4 is 21.8 Å². The standard InChI is InChI=1S/C17H19N5O/c1-12-17-15(7-9-19-12)14-6-5-13(23-2)11-16(14)22(17)10-4-3-8-20-21-18/h5-7,9,11H,3-4,8,10H2,1-2H3. The Bertz CT molecular complexity index is 893. The van der Waals surface area contributed by atoms with Crippen LogP contribution in [0.2, 0.25) is 0 Å². The average molecular weight is 309 g/mol. The number of azide groups is 1. The van der Waals surface area contributed by atoms with Crippen LogP contribution in [0.4, 0.5) is 0 Å². The van der Waals surface area contributed by atoms with Gasteiger partial charge in [-0.25, -0.2) is 0 Å². The molecule has 0 saturated carbocycles. The molecule has 3 rings (SSSR count). The van der Waals surface area contributed by atoms with Crippen LogP contribution in [0.25, 0.3) is 32.2 Å². The van der Waals surface area contributed by atoms with E-state index < -0.39 is 0 Å². The predicted octanol–water partition coefficient (Wildman–Crippen LogP) is 4.60. The molecule has 0 aliphatic carbocycles. The summed E-state index contributed by atoms with van der Waals surface area (Å²) < 4.78 is 7.67. The molecule has 0 atom stereocenters. The average Bonchev–Trinajstić information content (AvgIpc) is 2.89. The lowest BCUT2D eigenvalue weighted by molar-refractivity contribution is 0.415. The van der Waals surface area contributed by atoms with Crippen molar-refractivity contribution in [3.63, 3.8) is 0 Å². The van der Waals surface area contributed by atoms with Gasteiger partial charge in [-0.05, 0) is 43.5 Å². The van der Waals surface area contributed by atoms with Gasteiger partial charge in [0.1, 0.15) is 5.75 Å². The van der Waals surface area contributed by atoms with Gasteiger partial charge in [0, 0.05) is 41.0 Å². The first-order chi connectivity index (χ1) is 11.3. The number of ether oxygens (including phenoxy) is 1. The van der Waals surface area contributed by atoms with Gasteiger partial charge in [-0.3, -0.25) is 4.98 Å². The SMILES string of the molecule is COc1ccc2c3ccnc(C)c3n(CCCCN=[N+]=[N-])c2c1. The van der Waals surface area contributed by atoms with Gasteiger partial charge in [-0.15, -0.1) is 0 Å². The van der Waals surface area contributed by atoms with E-state index in [1.807, 2.05) is 19.2 Å². The molecule has 6 heteroatoms. The van der Waals surface area contributed by atoms with Gasteiger partial charge >= 0.3 is 0 Å². The number of aromatic nitrogens is 2. The summed E-state index contributed by atoms with van der Waals surface area (Å²) in [4.78, 5) is 7.24. The molecule has 0 bridgehead atoms. The maximum atomic E-state index is 8.36. The Hall–Kier alpha value is -2.72. The van der Waals surface area contributed by atoms with E-state index in [0.29, 0.717) is 6.54 Å². The van der Waals surface area contributed by atoms with E-state index in [9.17, 15) is 0 Å². The quantitative estimate of drug-likeness (QED) is 0.289. The van der Waals surface area contributed by atoms with Gasteiger partial charge in [-0.1, -0.05) is 5.11 Å². The van der Waals surface area contributed by atoms with Crippen LogP contribution in [0.3, 0.4) is 0 Å². The van der Waals surface area contributed by atoms with Gasteiger partial charge in [0.25, 0.3) is 0 Å². The molecule has 0 spiro atoms. The fraction of sp³-hybridized carbons (Fsp3) is 0.353. The van der Waals surface area contributed by atoms with E-state index in [-0.39, 0.29) is 0 Å². The third kappa shape index (κ3) is 2.81. The van der Waals surface area contributed by atoms with E-state index in [2.05, 4.69) is 37.8 Å². The summed E-state index contributed by atoms with van der Waals surface area (Å²) in [5.74, 6) is 0.848. The Morgan fingerprint density at radius 3 is 2.91 bits per heavy atom. The molecule has 0 N–H and O–H groups in total. The fourth-order valence-corrected chi connectivity index (χ4v) is 3.06. The number of hydrogen-bond donors (Lipinski definition) is 0. The third-order valence-corrected chi connectivity index (χ3v) is 4.12. The number of unbranched alkanes of at least 4 members (excludes halogenated alkanes) is 1. The molecular weight excluding hydrogens is 290 g/mol. The van der Waals surface area contributed by atoms with Crippen LogP contribution < -0.4 is 4.74 Å². The monoisotopic (exact) mass is 309 g/mol. The first-order valence-corrected chi connectivity index (χ1v) is 7.68. The summed E-state index contributed by atoms with van der Waals surface area (Å²) in [7, 11) is 1.68. The number of pyridine rings is 1. The second-order valence-corrected chi connectivity index (χ2v) is 5.49. The van der Waals surface area contributed by atoms with Crippen molar-refractivity contribution in [2.24, 2.45) is 5.11 Å². The van der Waals surface area contributed by atoms with Crippen LogP contribution in [0.5, 0.6) is 5.75 Å². The third-order valence-electron chi connectivity index (χ3n) is 4.12. The fourth-order valence-electron chi connectivity index (χ4n) is 3.06. The van der Waals surface area contributed by atoms with Crippen molar-refractivity contribution in [3.05, 3.63) is 46.6 Å². The molecule has 0 aliphatic heterocycles. The highest BCUT2D eigenvalue weighted by atomic mass is 16.5. The molecule has 2 heterocycles. The Kier molecular flexibility index (Phi) is 4.35. The van der Waals surface area contributed by atoms with E-state index in [0.717, 1.165) is 36.3 Å². The molecule has 0 amide bonds. The number of methoxy groups -OCH3 is 1. The molecular formula is C17H19N5O. The second kappa shape index (κ2) is 6.58. The van der Waals surface area contributed by atoms with Crippen molar-refractivity contribution in [1.29, 1.82) is 0 Å². The van der Waals surface area contributed by atoms with Gasteiger partial charge < -0.3 is 9.30 Å². The minimum atomic E-state index is 0.536. The Labute approximate surface area is 134 Å². The minimum absolute atomic E-state index is 0.536. The zero-order chi connectivity index (χ0) is 16.2. The van der Waals surface area contributed by atoms with Gasteiger partial charge in [0.15, 0.2) is 0 Å². The van der Waals surface area contributed by atoms with Crippen molar-refractivity contribution in [3.8, 4) is 5.75 Å². The smallest absolute Gasteiger partial charge is 0.120 e. The summed E-state index contributed by atoms with van der Waals surface area (Å²) in [6.45, 7) is 3.43. The molecule has 0 radical (unpaired) electrons. The first kappa shape index (κ1) is 15.2. The number of benzene rings is 1. The highest BCUT2D eigenvalue weighted by Gasteiger charge is 2.13. The molecule has 0 fully saturated rings. The van der Waals surface area contributed by atoms with Crippen LogP contribution in [0, 0.1) is 6.92 Å².